The first-order valence-electron chi connectivity index (χ1n) is 9.53. The van der Waals surface area contributed by atoms with E-state index in [-0.39, 0.29) is 5.75 Å². The number of rotatable bonds is 6. The summed E-state index contributed by atoms with van der Waals surface area (Å²) in [6.45, 7) is 0.395. The maximum atomic E-state index is 12.2. The molecule has 5 nitrogen and oxygen atoms in total. The molecule has 1 heterocycles. The maximum Gasteiger partial charge on any atom is 0.157 e. The van der Waals surface area contributed by atoms with Gasteiger partial charge in [-0.15, -0.1) is 0 Å². The molecule has 3 aromatic rings. The van der Waals surface area contributed by atoms with Crippen LogP contribution in [0.5, 0.6) is 5.75 Å². The van der Waals surface area contributed by atoms with Gasteiger partial charge in [0, 0.05) is 23.2 Å². The van der Waals surface area contributed by atoms with Gasteiger partial charge in [0.1, 0.15) is 17.8 Å². The third-order valence-electron chi connectivity index (χ3n) is 5.14. The van der Waals surface area contributed by atoms with Crippen LogP contribution in [0.3, 0.4) is 0 Å². The Balaban J connectivity index is 1.90. The molecule has 0 fully saturated rings. The number of aldehydes is 1. The van der Waals surface area contributed by atoms with Crippen LogP contribution in [0, 0.1) is 0 Å². The van der Waals surface area contributed by atoms with Gasteiger partial charge in [0.15, 0.2) is 11.1 Å². The number of benzene rings is 3. The molecule has 2 atom stereocenters. The maximum absolute atomic E-state index is 12.2. The lowest BCUT2D eigenvalue weighted by atomic mass is 9.83. The predicted octanol–water partition coefficient (Wildman–Crippen LogP) is 4.11. The Bertz CT molecular complexity index is 1140. The molecule has 4 rings (SSSR count). The van der Waals surface area contributed by atoms with E-state index in [9.17, 15) is 9.00 Å². The van der Waals surface area contributed by atoms with E-state index in [0.717, 1.165) is 39.7 Å². The summed E-state index contributed by atoms with van der Waals surface area (Å²) in [4.78, 5) is 12.2. The summed E-state index contributed by atoms with van der Waals surface area (Å²) < 4.78 is 26.5. The number of nitrogens with two attached hydrogens (primary N) is 1. The van der Waals surface area contributed by atoms with Gasteiger partial charge in [-0.05, 0) is 22.8 Å². The highest BCUT2D eigenvalue weighted by Gasteiger charge is 2.31. The number of carbonyl (C=O) groups is 1. The molecule has 0 saturated heterocycles. The van der Waals surface area contributed by atoms with Crippen molar-refractivity contribution in [3.05, 3.63) is 101 Å². The van der Waals surface area contributed by atoms with E-state index in [2.05, 4.69) is 0 Å². The van der Waals surface area contributed by atoms with Crippen LogP contribution in [0.15, 0.2) is 72.8 Å². The number of hydrogen-bond donors (Lipinski definition) is 2. The summed E-state index contributed by atoms with van der Waals surface area (Å²) in [6.07, 6.45) is 0.940. The molecular formula is C24H21NO4S. The zero-order chi connectivity index (χ0) is 21.1. The molecule has 0 aromatic heterocycles. The molecule has 0 aliphatic carbocycles. The summed E-state index contributed by atoms with van der Waals surface area (Å²) in [7, 11) is 0. The third-order valence-corrected chi connectivity index (χ3v) is 5.72. The SMILES string of the molecule is NCc1cccc(C2=C(c3ccc(CS(=O)O)cc3)Oc3ccccc3C2C=O)c1. The summed E-state index contributed by atoms with van der Waals surface area (Å²) in [6, 6.07) is 22.6. The lowest BCUT2D eigenvalue weighted by Gasteiger charge is -2.28. The van der Waals surface area contributed by atoms with Gasteiger partial charge in [0.05, 0.1) is 11.7 Å². The second-order valence-corrected chi connectivity index (χ2v) is 8.00. The zero-order valence-corrected chi connectivity index (χ0v) is 17.0. The smallest absolute Gasteiger partial charge is 0.157 e. The Morgan fingerprint density at radius 2 is 1.73 bits per heavy atom. The molecule has 152 valence electrons. The van der Waals surface area contributed by atoms with Gasteiger partial charge >= 0.3 is 0 Å². The molecule has 0 radical (unpaired) electrons. The van der Waals surface area contributed by atoms with E-state index >= 15 is 0 Å². The molecule has 6 heteroatoms. The fourth-order valence-electron chi connectivity index (χ4n) is 3.72. The monoisotopic (exact) mass is 419 g/mol. The van der Waals surface area contributed by atoms with Gasteiger partial charge in [0.25, 0.3) is 0 Å². The Morgan fingerprint density at radius 1 is 0.967 bits per heavy atom. The first-order valence-corrected chi connectivity index (χ1v) is 10.8. The number of allylic oxidation sites excluding steroid dienone is 1. The van der Waals surface area contributed by atoms with E-state index in [4.69, 9.17) is 15.0 Å². The Hall–Kier alpha value is -3.06. The highest BCUT2D eigenvalue weighted by molar-refractivity contribution is 7.78. The summed E-state index contributed by atoms with van der Waals surface area (Å²) >= 11 is -1.91. The second-order valence-electron chi connectivity index (χ2n) is 7.06. The van der Waals surface area contributed by atoms with Gasteiger partial charge in [-0.3, -0.25) is 0 Å². The molecule has 0 saturated carbocycles. The molecule has 3 N–H and O–H groups in total. The summed E-state index contributed by atoms with van der Waals surface area (Å²) in [5.41, 5.74) is 10.8. The topological polar surface area (TPSA) is 89.6 Å². The normalized spacial score (nSPS) is 16.5. The molecule has 1 aliphatic heterocycles. The minimum Gasteiger partial charge on any atom is -0.456 e. The summed E-state index contributed by atoms with van der Waals surface area (Å²) in [5.74, 6) is 0.814. The Labute approximate surface area is 177 Å². The number of carbonyl (C=O) groups excluding carboxylic acids is 1. The van der Waals surface area contributed by atoms with Crippen molar-refractivity contribution in [3.63, 3.8) is 0 Å². The van der Waals surface area contributed by atoms with E-state index < -0.39 is 17.0 Å². The van der Waals surface area contributed by atoms with Crippen LogP contribution < -0.4 is 10.5 Å². The highest BCUT2D eigenvalue weighted by atomic mass is 32.2. The van der Waals surface area contributed by atoms with Crippen molar-refractivity contribution >= 4 is 28.7 Å². The molecule has 0 bridgehead atoms. The van der Waals surface area contributed by atoms with Gasteiger partial charge in [0.2, 0.25) is 0 Å². The van der Waals surface area contributed by atoms with Crippen LogP contribution in [0.2, 0.25) is 0 Å². The van der Waals surface area contributed by atoms with Crippen LogP contribution in [-0.4, -0.2) is 15.0 Å². The van der Waals surface area contributed by atoms with E-state index in [1.165, 1.54) is 0 Å². The first kappa shape index (κ1) is 20.2. The zero-order valence-electron chi connectivity index (χ0n) is 16.2. The molecule has 3 aromatic carbocycles. The molecule has 30 heavy (non-hydrogen) atoms. The lowest BCUT2D eigenvalue weighted by molar-refractivity contribution is -0.108. The van der Waals surface area contributed by atoms with Crippen LogP contribution in [0.1, 0.15) is 33.7 Å². The van der Waals surface area contributed by atoms with E-state index in [0.29, 0.717) is 18.1 Å². The van der Waals surface area contributed by atoms with Crippen LogP contribution in [0.4, 0.5) is 0 Å². The van der Waals surface area contributed by atoms with Crippen LogP contribution in [-0.2, 0) is 28.2 Å². The Kier molecular flexibility index (Phi) is 5.90. The van der Waals surface area contributed by atoms with Crippen LogP contribution >= 0.6 is 0 Å². The number of fused-ring (bicyclic) bond motifs is 1. The minimum absolute atomic E-state index is 0.0609. The first-order chi connectivity index (χ1) is 14.6. The largest absolute Gasteiger partial charge is 0.456 e. The van der Waals surface area contributed by atoms with Gasteiger partial charge in [-0.1, -0.05) is 66.7 Å². The van der Waals surface area contributed by atoms with Gasteiger partial charge < -0.3 is 19.8 Å². The van der Waals surface area contributed by atoms with Crippen molar-refractivity contribution in [1.29, 1.82) is 0 Å². The van der Waals surface area contributed by atoms with Crippen LogP contribution in [0.25, 0.3) is 11.3 Å². The fourth-order valence-corrected chi connectivity index (χ4v) is 4.20. The highest BCUT2D eigenvalue weighted by Crippen LogP contribution is 2.45. The van der Waals surface area contributed by atoms with E-state index in [1.54, 1.807) is 12.1 Å². The number of para-hydroxylation sites is 1. The second kappa shape index (κ2) is 8.75. The van der Waals surface area contributed by atoms with Crippen molar-refractivity contribution < 1.29 is 18.3 Å². The van der Waals surface area contributed by atoms with Gasteiger partial charge in [-0.2, -0.15) is 0 Å². The molecule has 0 amide bonds. The molecule has 2 unspecified atom stereocenters. The van der Waals surface area contributed by atoms with Crippen molar-refractivity contribution in [1.82, 2.24) is 0 Å². The average molecular weight is 420 g/mol. The molecule has 1 aliphatic rings. The van der Waals surface area contributed by atoms with Crippen molar-refractivity contribution in [2.45, 2.75) is 18.2 Å². The molecule has 0 spiro atoms. The van der Waals surface area contributed by atoms with E-state index in [1.807, 2.05) is 60.7 Å². The number of hydrogen-bond acceptors (Lipinski definition) is 4. The van der Waals surface area contributed by atoms with Crippen molar-refractivity contribution in [2.75, 3.05) is 0 Å². The van der Waals surface area contributed by atoms with Gasteiger partial charge in [-0.25, -0.2) is 4.21 Å². The Morgan fingerprint density at radius 3 is 2.43 bits per heavy atom. The third kappa shape index (κ3) is 3.98. The molecular weight excluding hydrogens is 398 g/mol. The van der Waals surface area contributed by atoms with Crippen molar-refractivity contribution in [2.24, 2.45) is 5.73 Å². The quantitative estimate of drug-likeness (QED) is 0.464. The lowest BCUT2D eigenvalue weighted by Crippen LogP contribution is -2.16. The average Bonchev–Trinajstić information content (AvgIpc) is 2.78. The van der Waals surface area contributed by atoms with Crippen molar-refractivity contribution in [3.8, 4) is 5.75 Å². The fraction of sp³-hybridized carbons (Fsp3) is 0.125. The predicted molar refractivity (Wildman–Crippen MR) is 118 cm³/mol. The number of ether oxygens (including phenoxy) is 1. The standard InChI is InChI=1S/C24H21NO4S/c25-13-17-4-3-5-19(12-17)23-21(14-26)20-6-1-2-7-22(20)29-24(23)18-10-8-16(9-11-18)15-30(27)28/h1-12,14,21H,13,15,25H2,(H,27,28). The summed E-state index contributed by atoms with van der Waals surface area (Å²) in [5, 5.41) is 0. The minimum atomic E-state index is -1.91.